The van der Waals surface area contributed by atoms with Crippen LogP contribution in [0.3, 0.4) is 0 Å². The Kier molecular flexibility index (Phi) is 16.6. The molecule has 0 heterocycles. The molecule has 1 rings (SSSR count). The molecule has 0 aliphatic carbocycles. The number of rotatable bonds is 19. The number of carbonyl (C=O) groups is 2. The summed E-state index contributed by atoms with van der Waals surface area (Å²) in [6.07, 6.45) is 21.0. The van der Waals surface area contributed by atoms with Gasteiger partial charge in [-0.2, -0.15) is 0 Å². The van der Waals surface area contributed by atoms with Crippen molar-refractivity contribution < 1.29 is 19.1 Å². The predicted octanol–water partition coefficient (Wildman–Crippen LogP) is 7.89. The number of hydrogen-bond donors (Lipinski definition) is 0. The molecule has 4 nitrogen and oxygen atoms in total. The Morgan fingerprint density at radius 3 is 1.42 bits per heavy atom. The van der Waals surface area contributed by atoms with Gasteiger partial charge in [-0.15, -0.1) is 0 Å². The lowest BCUT2D eigenvalue weighted by molar-refractivity contribution is 0.0480. The molecule has 176 valence electrons. The predicted molar refractivity (Wildman–Crippen MR) is 128 cm³/mol. The first-order valence-electron chi connectivity index (χ1n) is 12.5. The molecule has 0 amide bonds. The fraction of sp³-hybridized carbons (Fsp3) is 0.704. The van der Waals surface area contributed by atoms with E-state index in [0.29, 0.717) is 6.61 Å². The van der Waals surface area contributed by atoms with Gasteiger partial charge in [0.15, 0.2) is 0 Å². The van der Waals surface area contributed by atoms with Gasteiger partial charge in [-0.25, -0.2) is 9.59 Å². The van der Waals surface area contributed by atoms with Crippen molar-refractivity contribution in [2.45, 2.75) is 110 Å². The highest BCUT2D eigenvalue weighted by molar-refractivity contribution is 6.03. The highest BCUT2D eigenvalue weighted by Crippen LogP contribution is 2.15. The van der Waals surface area contributed by atoms with E-state index >= 15 is 0 Å². The summed E-state index contributed by atoms with van der Waals surface area (Å²) in [6.45, 7) is 2.67. The molecule has 1 aromatic rings. The normalized spacial score (nSPS) is 10.8. The van der Waals surface area contributed by atoms with Crippen molar-refractivity contribution in [3.05, 3.63) is 35.4 Å². The lowest BCUT2D eigenvalue weighted by atomic mass is 10.0. The average molecular weight is 433 g/mol. The molecule has 0 bridgehead atoms. The van der Waals surface area contributed by atoms with Crippen LogP contribution < -0.4 is 0 Å². The maximum absolute atomic E-state index is 12.2. The van der Waals surface area contributed by atoms with Gasteiger partial charge in [-0.3, -0.25) is 0 Å². The first-order chi connectivity index (χ1) is 15.2. The van der Waals surface area contributed by atoms with Crippen molar-refractivity contribution in [3.63, 3.8) is 0 Å². The summed E-state index contributed by atoms with van der Waals surface area (Å²) in [5.74, 6) is -0.975. The number of methoxy groups -OCH3 is 1. The van der Waals surface area contributed by atoms with Crippen molar-refractivity contribution >= 4 is 11.9 Å². The number of carbonyl (C=O) groups excluding carboxylic acids is 2. The minimum Gasteiger partial charge on any atom is -0.465 e. The second-order valence-electron chi connectivity index (χ2n) is 8.48. The van der Waals surface area contributed by atoms with Crippen LogP contribution >= 0.6 is 0 Å². The Balaban J connectivity index is 1.93. The van der Waals surface area contributed by atoms with Crippen LogP contribution in [0, 0.1) is 0 Å². The third-order valence-electron chi connectivity index (χ3n) is 5.78. The summed E-state index contributed by atoms with van der Waals surface area (Å²) in [7, 11) is 1.31. The van der Waals surface area contributed by atoms with Crippen LogP contribution in [0.2, 0.25) is 0 Å². The summed E-state index contributed by atoms with van der Waals surface area (Å²) in [5, 5.41) is 0. The van der Waals surface area contributed by atoms with E-state index in [-0.39, 0.29) is 11.1 Å². The smallest absolute Gasteiger partial charge is 0.339 e. The zero-order valence-electron chi connectivity index (χ0n) is 20.0. The zero-order chi connectivity index (χ0) is 22.6. The number of esters is 2. The van der Waals surface area contributed by atoms with Gasteiger partial charge in [0.1, 0.15) is 0 Å². The highest BCUT2D eigenvalue weighted by Gasteiger charge is 2.17. The van der Waals surface area contributed by atoms with E-state index in [0.717, 1.165) is 12.8 Å². The van der Waals surface area contributed by atoms with Crippen LogP contribution in [-0.2, 0) is 9.47 Å². The largest absolute Gasteiger partial charge is 0.465 e. The van der Waals surface area contributed by atoms with Crippen LogP contribution in [0.15, 0.2) is 24.3 Å². The van der Waals surface area contributed by atoms with Gasteiger partial charge in [-0.1, -0.05) is 115 Å². The summed E-state index contributed by atoms with van der Waals surface area (Å²) in [5.41, 5.74) is 0.521. The molecule has 0 radical (unpaired) electrons. The van der Waals surface area contributed by atoms with Gasteiger partial charge in [0.05, 0.1) is 24.8 Å². The quantitative estimate of drug-likeness (QED) is 0.165. The molecular formula is C27H44O4. The van der Waals surface area contributed by atoms with Gasteiger partial charge >= 0.3 is 11.9 Å². The SMILES string of the molecule is CCCCCCCCCCCCCCCCCCOC(=O)c1ccccc1C(=O)OC. The van der Waals surface area contributed by atoms with E-state index in [1.165, 1.54) is 97.0 Å². The molecule has 0 saturated heterocycles. The van der Waals surface area contributed by atoms with E-state index in [4.69, 9.17) is 9.47 Å². The van der Waals surface area contributed by atoms with Crippen molar-refractivity contribution in [3.8, 4) is 0 Å². The molecule has 0 aliphatic rings. The van der Waals surface area contributed by atoms with Crippen LogP contribution in [-0.4, -0.2) is 25.7 Å². The molecular weight excluding hydrogens is 388 g/mol. The van der Waals surface area contributed by atoms with Crippen molar-refractivity contribution in [1.82, 2.24) is 0 Å². The minimum absolute atomic E-state index is 0.252. The Bertz CT molecular complexity index is 597. The van der Waals surface area contributed by atoms with Crippen LogP contribution in [0.1, 0.15) is 130 Å². The van der Waals surface area contributed by atoms with Crippen LogP contribution in [0.4, 0.5) is 0 Å². The van der Waals surface area contributed by atoms with Gasteiger partial charge < -0.3 is 9.47 Å². The molecule has 0 aromatic heterocycles. The second kappa shape index (κ2) is 18.9. The summed E-state index contributed by atoms with van der Waals surface area (Å²) < 4.78 is 10.1. The summed E-state index contributed by atoms with van der Waals surface area (Å²) in [4.78, 5) is 24.0. The Hall–Kier alpha value is -1.84. The monoisotopic (exact) mass is 432 g/mol. The third kappa shape index (κ3) is 13.2. The van der Waals surface area contributed by atoms with Gasteiger partial charge in [-0.05, 0) is 18.6 Å². The van der Waals surface area contributed by atoms with E-state index in [2.05, 4.69) is 6.92 Å². The molecule has 0 atom stereocenters. The van der Waals surface area contributed by atoms with Crippen molar-refractivity contribution in [2.75, 3.05) is 13.7 Å². The molecule has 0 unspecified atom stereocenters. The molecule has 0 saturated carbocycles. The van der Waals surface area contributed by atoms with E-state index in [1.807, 2.05) is 0 Å². The molecule has 0 spiro atoms. The maximum Gasteiger partial charge on any atom is 0.339 e. The van der Waals surface area contributed by atoms with Crippen molar-refractivity contribution in [1.29, 1.82) is 0 Å². The van der Waals surface area contributed by atoms with E-state index in [1.54, 1.807) is 24.3 Å². The summed E-state index contributed by atoms with van der Waals surface area (Å²) >= 11 is 0. The fourth-order valence-electron chi connectivity index (χ4n) is 3.84. The highest BCUT2D eigenvalue weighted by atomic mass is 16.5. The first-order valence-corrected chi connectivity index (χ1v) is 12.5. The third-order valence-corrected chi connectivity index (χ3v) is 5.78. The molecule has 0 fully saturated rings. The molecule has 0 aliphatic heterocycles. The molecule has 4 heteroatoms. The first kappa shape index (κ1) is 27.2. The topological polar surface area (TPSA) is 52.6 Å². The number of hydrogen-bond acceptors (Lipinski definition) is 4. The molecule has 0 N–H and O–H groups in total. The number of benzene rings is 1. The van der Waals surface area contributed by atoms with Crippen molar-refractivity contribution in [2.24, 2.45) is 0 Å². The van der Waals surface area contributed by atoms with Gasteiger partial charge in [0, 0.05) is 0 Å². The number of ether oxygens (including phenoxy) is 2. The molecule has 1 aromatic carbocycles. The average Bonchev–Trinajstić information content (AvgIpc) is 2.80. The van der Waals surface area contributed by atoms with Crippen LogP contribution in [0.25, 0.3) is 0 Å². The minimum atomic E-state index is -0.519. The Morgan fingerprint density at radius 1 is 0.613 bits per heavy atom. The Morgan fingerprint density at radius 2 is 1.00 bits per heavy atom. The standard InChI is InChI=1S/C27H44O4/c1-3-4-5-6-7-8-9-10-11-12-13-14-15-16-17-20-23-31-27(29)25-22-19-18-21-24(25)26(28)30-2/h18-19,21-22H,3-17,20,23H2,1-2H3. The summed E-state index contributed by atoms with van der Waals surface area (Å²) in [6, 6.07) is 6.61. The second-order valence-corrected chi connectivity index (χ2v) is 8.48. The maximum atomic E-state index is 12.2. The van der Waals surface area contributed by atoms with Gasteiger partial charge in [0.2, 0.25) is 0 Å². The fourth-order valence-corrected chi connectivity index (χ4v) is 3.84. The molecule has 31 heavy (non-hydrogen) atoms. The number of unbranched alkanes of at least 4 members (excludes halogenated alkanes) is 15. The van der Waals surface area contributed by atoms with E-state index < -0.39 is 11.9 Å². The Labute approximate surface area is 190 Å². The lowest BCUT2D eigenvalue weighted by Crippen LogP contribution is -2.13. The lowest BCUT2D eigenvalue weighted by Gasteiger charge is -2.08. The van der Waals surface area contributed by atoms with E-state index in [9.17, 15) is 9.59 Å². The van der Waals surface area contributed by atoms with Crippen LogP contribution in [0.5, 0.6) is 0 Å². The zero-order valence-corrected chi connectivity index (χ0v) is 20.0. The van der Waals surface area contributed by atoms with Gasteiger partial charge in [0.25, 0.3) is 0 Å².